The minimum Gasteiger partial charge on any atom is -0.436 e. The lowest BCUT2D eigenvalue weighted by Crippen LogP contribution is -2.41. The van der Waals surface area contributed by atoms with E-state index >= 15 is 0 Å². The Morgan fingerprint density at radius 1 is 1.00 bits per heavy atom. The molecule has 5 rings (SSSR count). The minimum atomic E-state index is -0.120. The van der Waals surface area contributed by atoms with Crippen LogP contribution in [-0.2, 0) is 4.79 Å². The number of nitrogens with one attached hydrogen (secondary N) is 1. The topological polar surface area (TPSA) is 75.4 Å². The number of hydrogen-bond acceptors (Lipinski definition) is 4. The zero-order valence-electron chi connectivity index (χ0n) is 21.0. The molecule has 0 spiro atoms. The summed E-state index contributed by atoms with van der Waals surface area (Å²) in [5.41, 5.74) is 5.89. The number of fused-ring (bicyclic) bond motifs is 1. The number of aryl methyl sites for hydroxylation is 2. The Bertz CT molecular complexity index is 1400. The largest absolute Gasteiger partial charge is 0.436 e. The van der Waals surface area contributed by atoms with Crippen LogP contribution >= 0.6 is 0 Å². The molecule has 6 heteroatoms. The molecular weight excluding hydrogens is 450 g/mol. The van der Waals surface area contributed by atoms with Gasteiger partial charge in [-0.1, -0.05) is 37.3 Å². The molecule has 1 N–H and O–H groups in total. The minimum absolute atomic E-state index is 0.00731. The number of carbonyl (C=O) groups is 2. The van der Waals surface area contributed by atoms with Crippen molar-refractivity contribution in [3.63, 3.8) is 0 Å². The lowest BCUT2D eigenvalue weighted by molar-refractivity contribution is -0.121. The molecule has 184 valence electrons. The Morgan fingerprint density at radius 3 is 2.50 bits per heavy atom. The van der Waals surface area contributed by atoms with Crippen LogP contribution in [0.2, 0.25) is 0 Å². The first-order chi connectivity index (χ1) is 17.4. The number of hydrogen-bond donors (Lipinski definition) is 1. The van der Waals surface area contributed by atoms with E-state index in [1.165, 1.54) is 0 Å². The maximum Gasteiger partial charge on any atom is 0.253 e. The Balaban J connectivity index is 1.21. The quantitative estimate of drug-likeness (QED) is 0.366. The van der Waals surface area contributed by atoms with Crippen LogP contribution in [0.5, 0.6) is 0 Å². The van der Waals surface area contributed by atoms with E-state index < -0.39 is 0 Å². The summed E-state index contributed by atoms with van der Waals surface area (Å²) in [4.78, 5) is 32.6. The van der Waals surface area contributed by atoms with Crippen LogP contribution < -0.4 is 5.32 Å². The van der Waals surface area contributed by atoms with Crippen LogP contribution in [0.15, 0.2) is 71.1 Å². The van der Waals surface area contributed by atoms with Gasteiger partial charge in [0.25, 0.3) is 5.91 Å². The van der Waals surface area contributed by atoms with Gasteiger partial charge in [-0.2, -0.15) is 0 Å². The molecule has 1 aliphatic rings. The second kappa shape index (κ2) is 9.97. The summed E-state index contributed by atoms with van der Waals surface area (Å²) < 4.78 is 5.88. The molecule has 1 aromatic heterocycles. The molecule has 6 nitrogen and oxygen atoms in total. The number of rotatable bonds is 5. The molecule has 1 unspecified atom stereocenters. The van der Waals surface area contributed by atoms with Crippen molar-refractivity contribution in [3.8, 4) is 11.5 Å². The average molecular weight is 482 g/mol. The van der Waals surface area contributed by atoms with Gasteiger partial charge in [-0.25, -0.2) is 4.98 Å². The van der Waals surface area contributed by atoms with Crippen LogP contribution in [0.4, 0.5) is 5.69 Å². The highest BCUT2D eigenvalue weighted by molar-refractivity contribution is 5.97. The zero-order valence-corrected chi connectivity index (χ0v) is 21.0. The van der Waals surface area contributed by atoms with Gasteiger partial charge in [0.1, 0.15) is 5.52 Å². The Labute approximate surface area is 211 Å². The summed E-state index contributed by atoms with van der Waals surface area (Å²) in [5.74, 6) is 0.700. The highest BCUT2D eigenvalue weighted by atomic mass is 16.3. The van der Waals surface area contributed by atoms with Crippen LogP contribution in [-0.4, -0.2) is 34.8 Å². The summed E-state index contributed by atoms with van der Waals surface area (Å²) in [6, 6.07) is 21.2. The molecule has 0 bridgehead atoms. The number of aromatic nitrogens is 1. The SMILES string of the molecule is Cc1ccc(C)c(NC(=O)C(C)C2CCN(C(=O)c3ccc4oc(-c5ccccc5)nc4c3)CC2)c1. The summed E-state index contributed by atoms with van der Waals surface area (Å²) in [6.45, 7) is 7.29. The Kier molecular flexibility index (Phi) is 6.59. The van der Waals surface area contributed by atoms with E-state index in [4.69, 9.17) is 4.42 Å². The summed E-state index contributed by atoms with van der Waals surface area (Å²) in [6.07, 6.45) is 1.61. The Hall–Kier alpha value is -3.93. The van der Waals surface area contributed by atoms with E-state index in [1.807, 2.05) is 80.3 Å². The maximum absolute atomic E-state index is 13.2. The van der Waals surface area contributed by atoms with Gasteiger partial charge in [-0.3, -0.25) is 9.59 Å². The van der Waals surface area contributed by atoms with E-state index in [9.17, 15) is 9.59 Å². The highest BCUT2D eigenvalue weighted by Gasteiger charge is 2.30. The third kappa shape index (κ3) is 4.89. The number of carbonyl (C=O) groups excluding carboxylic acids is 2. The third-order valence-electron chi connectivity index (χ3n) is 7.25. The molecule has 0 radical (unpaired) electrons. The normalized spacial score (nSPS) is 15.1. The van der Waals surface area contributed by atoms with Gasteiger partial charge in [-0.15, -0.1) is 0 Å². The number of likely N-dealkylation sites (tertiary alicyclic amines) is 1. The van der Waals surface area contributed by atoms with E-state index in [0.717, 1.165) is 35.2 Å². The molecule has 4 aromatic rings. The number of piperidine rings is 1. The van der Waals surface area contributed by atoms with Crippen molar-refractivity contribution >= 4 is 28.6 Å². The van der Waals surface area contributed by atoms with Gasteiger partial charge >= 0.3 is 0 Å². The predicted octanol–water partition coefficient (Wildman–Crippen LogP) is 6.24. The first kappa shape index (κ1) is 23.8. The van der Waals surface area contributed by atoms with E-state index in [0.29, 0.717) is 35.6 Å². The van der Waals surface area contributed by atoms with Crippen molar-refractivity contribution in [1.82, 2.24) is 9.88 Å². The molecular formula is C30H31N3O3. The second-order valence-corrected chi connectivity index (χ2v) is 9.79. The highest BCUT2D eigenvalue weighted by Crippen LogP contribution is 2.29. The van der Waals surface area contributed by atoms with Gasteiger partial charge in [0.05, 0.1) is 0 Å². The van der Waals surface area contributed by atoms with E-state index in [-0.39, 0.29) is 23.7 Å². The molecule has 0 saturated carbocycles. The fraction of sp³-hybridized carbons (Fsp3) is 0.300. The van der Waals surface area contributed by atoms with Gasteiger partial charge in [0, 0.05) is 35.8 Å². The summed E-state index contributed by atoms with van der Waals surface area (Å²) >= 11 is 0. The lowest BCUT2D eigenvalue weighted by Gasteiger charge is -2.34. The van der Waals surface area contributed by atoms with Gasteiger partial charge in [-0.05, 0) is 80.1 Å². The van der Waals surface area contributed by atoms with Crippen molar-refractivity contribution in [3.05, 3.63) is 83.4 Å². The number of nitrogens with zero attached hydrogens (tertiary/aromatic N) is 2. The van der Waals surface area contributed by atoms with E-state index in [2.05, 4.69) is 10.3 Å². The van der Waals surface area contributed by atoms with Gasteiger partial charge in [0.2, 0.25) is 11.8 Å². The molecule has 1 atom stereocenters. The molecule has 1 aliphatic heterocycles. The van der Waals surface area contributed by atoms with E-state index in [1.54, 1.807) is 12.1 Å². The molecule has 36 heavy (non-hydrogen) atoms. The first-order valence-electron chi connectivity index (χ1n) is 12.5. The van der Waals surface area contributed by atoms with Gasteiger partial charge in [0.15, 0.2) is 5.58 Å². The standard InChI is InChI=1S/C30H31N3O3/c1-19-9-10-20(2)25(17-19)31-28(34)21(3)22-13-15-33(16-14-22)30(35)24-11-12-27-26(18-24)32-29(36-27)23-7-5-4-6-8-23/h4-12,17-18,21-22H,13-16H2,1-3H3,(H,31,34). The average Bonchev–Trinajstić information content (AvgIpc) is 3.34. The fourth-order valence-corrected chi connectivity index (χ4v) is 4.88. The zero-order chi connectivity index (χ0) is 25.2. The molecule has 2 amide bonds. The van der Waals surface area contributed by atoms with Crippen LogP contribution in [0, 0.1) is 25.7 Å². The predicted molar refractivity (Wildman–Crippen MR) is 142 cm³/mol. The second-order valence-electron chi connectivity index (χ2n) is 9.79. The van der Waals surface area contributed by atoms with Crippen molar-refractivity contribution in [2.24, 2.45) is 11.8 Å². The van der Waals surface area contributed by atoms with Crippen LogP contribution in [0.25, 0.3) is 22.6 Å². The van der Waals surface area contributed by atoms with Crippen LogP contribution in [0.3, 0.4) is 0 Å². The third-order valence-corrected chi connectivity index (χ3v) is 7.25. The van der Waals surface area contributed by atoms with Crippen molar-refractivity contribution in [2.45, 2.75) is 33.6 Å². The van der Waals surface area contributed by atoms with Crippen molar-refractivity contribution in [1.29, 1.82) is 0 Å². The monoisotopic (exact) mass is 481 g/mol. The molecule has 3 aromatic carbocycles. The molecule has 1 fully saturated rings. The smallest absolute Gasteiger partial charge is 0.253 e. The maximum atomic E-state index is 13.2. The van der Waals surface area contributed by atoms with Crippen LogP contribution in [0.1, 0.15) is 41.3 Å². The van der Waals surface area contributed by atoms with Crippen molar-refractivity contribution < 1.29 is 14.0 Å². The Morgan fingerprint density at radius 2 is 1.75 bits per heavy atom. The molecule has 0 aliphatic carbocycles. The van der Waals surface area contributed by atoms with Gasteiger partial charge < -0.3 is 14.6 Å². The summed E-state index contributed by atoms with van der Waals surface area (Å²) in [5, 5.41) is 3.10. The number of oxazole rings is 1. The fourth-order valence-electron chi connectivity index (χ4n) is 4.88. The number of amides is 2. The molecule has 2 heterocycles. The molecule has 1 saturated heterocycles. The lowest BCUT2D eigenvalue weighted by atomic mass is 9.84. The number of benzene rings is 3. The van der Waals surface area contributed by atoms with Crippen molar-refractivity contribution in [2.75, 3.05) is 18.4 Å². The summed E-state index contributed by atoms with van der Waals surface area (Å²) in [7, 11) is 0. The first-order valence-corrected chi connectivity index (χ1v) is 12.5. The number of anilines is 1.